The molecule has 0 radical (unpaired) electrons. The predicted molar refractivity (Wildman–Crippen MR) is 66.7 cm³/mol. The molecular weight excluding hydrogens is 232 g/mol. The number of carbonyl (C=O) groups is 1. The molecule has 0 spiro atoms. The summed E-state index contributed by atoms with van der Waals surface area (Å²) >= 11 is 0. The van der Waals surface area contributed by atoms with Crippen LogP contribution in [0.25, 0.3) is 5.52 Å². The molecule has 0 bridgehead atoms. The van der Waals surface area contributed by atoms with Gasteiger partial charge in [0.25, 0.3) is 0 Å². The first-order valence-corrected chi connectivity index (χ1v) is 5.82. The maximum atomic E-state index is 11.9. The van der Waals surface area contributed by atoms with E-state index in [4.69, 9.17) is 9.47 Å². The highest BCUT2D eigenvalue weighted by Crippen LogP contribution is 2.13. The average molecular weight is 248 g/mol. The number of methoxy groups -OCH3 is 1. The van der Waals surface area contributed by atoms with Crippen molar-refractivity contribution in [1.29, 1.82) is 0 Å². The summed E-state index contributed by atoms with van der Waals surface area (Å²) in [6.45, 7) is 2.83. The zero-order valence-corrected chi connectivity index (χ0v) is 10.5. The van der Waals surface area contributed by atoms with Gasteiger partial charge < -0.3 is 13.9 Å². The topological polar surface area (TPSA) is 52.8 Å². The van der Waals surface area contributed by atoms with Crippen LogP contribution in [0, 0.1) is 6.92 Å². The minimum absolute atomic E-state index is 0.306. The third-order valence-corrected chi connectivity index (χ3v) is 2.78. The second-order valence-electron chi connectivity index (χ2n) is 4.00. The van der Waals surface area contributed by atoms with Crippen LogP contribution in [-0.4, -0.2) is 35.7 Å². The zero-order chi connectivity index (χ0) is 13.0. The lowest BCUT2D eigenvalue weighted by Crippen LogP contribution is -2.11. The van der Waals surface area contributed by atoms with E-state index in [0.29, 0.717) is 25.2 Å². The van der Waals surface area contributed by atoms with Gasteiger partial charge >= 0.3 is 5.97 Å². The van der Waals surface area contributed by atoms with Crippen molar-refractivity contribution in [2.75, 3.05) is 20.3 Å². The summed E-state index contributed by atoms with van der Waals surface area (Å²) in [5.74, 6) is -0.306. The Morgan fingerprint density at radius 3 is 3.00 bits per heavy atom. The van der Waals surface area contributed by atoms with Crippen LogP contribution in [0.5, 0.6) is 0 Å². The largest absolute Gasteiger partial charge is 0.462 e. The first-order chi connectivity index (χ1) is 8.74. The van der Waals surface area contributed by atoms with E-state index in [2.05, 4.69) is 4.98 Å². The van der Waals surface area contributed by atoms with Crippen molar-refractivity contribution in [1.82, 2.24) is 9.38 Å². The minimum atomic E-state index is -0.306. The Labute approximate surface area is 105 Å². The van der Waals surface area contributed by atoms with Gasteiger partial charge in [-0.15, -0.1) is 0 Å². The van der Waals surface area contributed by atoms with Crippen molar-refractivity contribution in [3.8, 4) is 0 Å². The standard InChI is InChI=1S/C13H16N2O3/c1-10-12(13(16)18-7-3-6-17-2)5-4-11-8-14-9-15(10)11/h4-5,8-9H,3,6-7H2,1-2H3. The molecule has 0 amide bonds. The number of rotatable bonds is 5. The van der Waals surface area contributed by atoms with E-state index in [1.165, 1.54) is 0 Å². The number of aryl methyl sites for hydroxylation is 1. The molecule has 0 fully saturated rings. The van der Waals surface area contributed by atoms with Crippen molar-refractivity contribution in [3.05, 3.63) is 35.9 Å². The number of imidazole rings is 1. The number of hydrogen-bond donors (Lipinski definition) is 0. The van der Waals surface area contributed by atoms with Crippen molar-refractivity contribution >= 4 is 11.5 Å². The number of hydrogen-bond acceptors (Lipinski definition) is 4. The molecule has 96 valence electrons. The summed E-state index contributed by atoms with van der Waals surface area (Å²) in [4.78, 5) is 15.9. The van der Waals surface area contributed by atoms with Gasteiger partial charge in [0.15, 0.2) is 0 Å². The van der Waals surface area contributed by atoms with Crippen molar-refractivity contribution in [2.24, 2.45) is 0 Å². The maximum absolute atomic E-state index is 11.9. The molecule has 5 heteroatoms. The fraction of sp³-hybridized carbons (Fsp3) is 0.385. The van der Waals surface area contributed by atoms with E-state index in [9.17, 15) is 4.79 Å². The molecule has 2 heterocycles. The fourth-order valence-electron chi connectivity index (χ4n) is 1.79. The lowest BCUT2D eigenvalue weighted by Gasteiger charge is -2.08. The van der Waals surface area contributed by atoms with Gasteiger partial charge in [0.05, 0.1) is 30.2 Å². The Morgan fingerprint density at radius 1 is 1.39 bits per heavy atom. The van der Waals surface area contributed by atoms with Crippen LogP contribution < -0.4 is 0 Å². The van der Waals surface area contributed by atoms with Crippen molar-refractivity contribution in [3.63, 3.8) is 0 Å². The molecule has 0 aliphatic carbocycles. The number of esters is 1. The molecule has 0 saturated carbocycles. The van der Waals surface area contributed by atoms with Crippen LogP contribution in [0.3, 0.4) is 0 Å². The molecule has 0 aromatic carbocycles. The van der Waals surface area contributed by atoms with Crippen LogP contribution in [0.4, 0.5) is 0 Å². The van der Waals surface area contributed by atoms with Gasteiger partial charge in [-0.05, 0) is 19.1 Å². The summed E-state index contributed by atoms with van der Waals surface area (Å²) < 4.78 is 11.9. The maximum Gasteiger partial charge on any atom is 0.339 e. The molecule has 18 heavy (non-hydrogen) atoms. The van der Waals surface area contributed by atoms with E-state index in [1.807, 2.05) is 17.4 Å². The highest BCUT2D eigenvalue weighted by atomic mass is 16.5. The lowest BCUT2D eigenvalue weighted by atomic mass is 10.2. The van der Waals surface area contributed by atoms with Gasteiger partial charge in [-0.2, -0.15) is 0 Å². The number of pyridine rings is 1. The molecule has 2 aromatic heterocycles. The van der Waals surface area contributed by atoms with E-state index < -0.39 is 0 Å². The fourth-order valence-corrected chi connectivity index (χ4v) is 1.79. The number of ether oxygens (including phenoxy) is 2. The van der Waals surface area contributed by atoms with Crippen molar-refractivity contribution < 1.29 is 14.3 Å². The minimum Gasteiger partial charge on any atom is -0.462 e. The van der Waals surface area contributed by atoms with Gasteiger partial charge in [0.2, 0.25) is 0 Å². The first kappa shape index (κ1) is 12.6. The predicted octanol–water partition coefficient (Wildman–Crippen LogP) is 1.84. The van der Waals surface area contributed by atoms with Gasteiger partial charge in [-0.1, -0.05) is 0 Å². The Kier molecular flexibility index (Phi) is 3.94. The molecule has 0 atom stereocenters. The quantitative estimate of drug-likeness (QED) is 0.598. The van der Waals surface area contributed by atoms with Gasteiger partial charge in [0, 0.05) is 25.8 Å². The van der Waals surface area contributed by atoms with Crippen LogP contribution >= 0.6 is 0 Å². The summed E-state index contributed by atoms with van der Waals surface area (Å²) in [7, 11) is 1.62. The molecular formula is C13H16N2O3. The van der Waals surface area contributed by atoms with E-state index >= 15 is 0 Å². The molecule has 0 aliphatic heterocycles. The number of aromatic nitrogens is 2. The first-order valence-electron chi connectivity index (χ1n) is 5.82. The Hall–Kier alpha value is -1.88. The molecule has 0 aliphatic rings. The molecule has 0 unspecified atom stereocenters. The molecule has 2 aromatic rings. The second kappa shape index (κ2) is 5.64. The van der Waals surface area contributed by atoms with E-state index in [0.717, 1.165) is 11.2 Å². The Balaban J connectivity index is 2.10. The molecule has 5 nitrogen and oxygen atoms in total. The summed E-state index contributed by atoms with van der Waals surface area (Å²) in [6, 6.07) is 3.62. The number of nitrogens with zero attached hydrogens (tertiary/aromatic N) is 2. The van der Waals surface area contributed by atoms with Crippen LogP contribution in [0.2, 0.25) is 0 Å². The molecule has 2 rings (SSSR count). The zero-order valence-electron chi connectivity index (χ0n) is 10.5. The molecule has 0 N–H and O–H groups in total. The molecule has 0 saturated heterocycles. The van der Waals surface area contributed by atoms with Gasteiger partial charge in [0.1, 0.15) is 0 Å². The van der Waals surface area contributed by atoms with E-state index in [1.54, 1.807) is 25.7 Å². The number of fused-ring (bicyclic) bond motifs is 1. The normalized spacial score (nSPS) is 10.8. The van der Waals surface area contributed by atoms with Crippen molar-refractivity contribution in [2.45, 2.75) is 13.3 Å². The lowest BCUT2D eigenvalue weighted by molar-refractivity contribution is 0.0467. The third-order valence-electron chi connectivity index (χ3n) is 2.78. The number of carbonyl (C=O) groups excluding carboxylic acids is 1. The highest BCUT2D eigenvalue weighted by molar-refractivity contribution is 5.91. The van der Waals surface area contributed by atoms with Crippen LogP contribution in [-0.2, 0) is 9.47 Å². The Bertz CT molecular complexity index is 548. The van der Waals surface area contributed by atoms with Gasteiger partial charge in [-0.3, -0.25) is 0 Å². The smallest absolute Gasteiger partial charge is 0.339 e. The summed E-state index contributed by atoms with van der Waals surface area (Å²) in [5.41, 5.74) is 2.36. The summed E-state index contributed by atoms with van der Waals surface area (Å²) in [5, 5.41) is 0. The van der Waals surface area contributed by atoms with Crippen LogP contribution in [0.1, 0.15) is 22.5 Å². The Morgan fingerprint density at radius 2 is 2.22 bits per heavy atom. The average Bonchev–Trinajstić information content (AvgIpc) is 2.84. The monoisotopic (exact) mass is 248 g/mol. The third kappa shape index (κ3) is 2.51. The highest BCUT2D eigenvalue weighted by Gasteiger charge is 2.12. The summed E-state index contributed by atoms with van der Waals surface area (Å²) in [6.07, 6.45) is 4.14. The SMILES string of the molecule is COCCCOC(=O)c1ccc2cncn2c1C. The van der Waals surface area contributed by atoms with E-state index in [-0.39, 0.29) is 5.97 Å². The van der Waals surface area contributed by atoms with Gasteiger partial charge in [-0.25, -0.2) is 9.78 Å². The second-order valence-corrected chi connectivity index (χ2v) is 4.00. The van der Waals surface area contributed by atoms with Crippen LogP contribution in [0.15, 0.2) is 24.7 Å².